The zero-order chi connectivity index (χ0) is 25.5. The van der Waals surface area contributed by atoms with Crippen LogP contribution in [0.3, 0.4) is 0 Å². The molecule has 2 fully saturated rings. The van der Waals surface area contributed by atoms with E-state index in [1.165, 1.54) is 10.5 Å². The number of amides is 1. The van der Waals surface area contributed by atoms with Crippen LogP contribution in [0.25, 0.3) is 6.08 Å². The molecule has 2 aliphatic rings. The van der Waals surface area contributed by atoms with Crippen LogP contribution in [0.15, 0.2) is 30.6 Å². The van der Waals surface area contributed by atoms with Crippen LogP contribution < -0.4 is 5.32 Å². The van der Waals surface area contributed by atoms with Crippen molar-refractivity contribution in [3.63, 3.8) is 0 Å². The summed E-state index contributed by atoms with van der Waals surface area (Å²) in [6.07, 6.45) is 14.7. The molecule has 0 unspecified atom stereocenters. The number of morpholine rings is 1. The fraction of sp³-hybridized carbons (Fsp3) is 0.692. The Labute approximate surface area is 216 Å². The maximum atomic E-state index is 13.2. The van der Waals surface area contributed by atoms with E-state index in [2.05, 4.69) is 15.2 Å². The second-order valence-corrected chi connectivity index (χ2v) is 11.4. The molecule has 0 spiro atoms. The molecule has 3 rings (SSSR count). The van der Waals surface area contributed by atoms with Gasteiger partial charge in [-0.1, -0.05) is 42.6 Å². The standard InChI is InChI=1S/C26H42N4O5S/c31-26(13-12-24-9-8-14-27-23-24)28-15-6-1-2-7-22-36(32,33)30(25-10-4-3-5-11-25)35-21-18-29-16-19-34-20-17-29/h8-9,12-14,23,25H,1-7,10-11,15-22H2,(H,28,31). The van der Waals surface area contributed by atoms with Crippen molar-refractivity contribution in [2.24, 2.45) is 0 Å². The summed E-state index contributed by atoms with van der Waals surface area (Å²) in [5.74, 6) is -0.0415. The average molecular weight is 523 g/mol. The van der Waals surface area contributed by atoms with Gasteiger partial charge >= 0.3 is 0 Å². The lowest BCUT2D eigenvalue weighted by molar-refractivity contribution is -0.126. The highest BCUT2D eigenvalue weighted by Crippen LogP contribution is 2.26. The number of carbonyl (C=O) groups excluding carboxylic acids is 1. The van der Waals surface area contributed by atoms with E-state index in [9.17, 15) is 13.2 Å². The molecule has 1 N–H and O–H groups in total. The second kappa shape index (κ2) is 16.1. The molecule has 2 heterocycles. The summed E-state index contributed by atoms with van der Waals surface area (Å²) >= 11 is 0. The Morgan fingerprint density at radius 3 is 2.69 bits per heavy atom. The highest BCUT2D eigenvalue weighted by molar-refractivity contribution is 7.88. The van der Waals surface area contributed by atoms with E-state index in [1.54, 1.807) is 18.5 Å². The van der Waals surface area contributed by atoms with Crippen molar-refractivity contribution in [1.82, 2.24) is 19.7 Å². The van der Waals surface area contributed by atoms with E-state index in [0.717, 1.165) is 83.2 Å². The molecule has 0 radical (unpaired) electrons. The first-order valence-corrected chi connectivity index (χ1v) is 15.0. The first-order valence-electron chi connectivity index (χ1n) is 13.4. The third-order valence-corrected chi connectivity index (χ3v) is 8.37. The SMILES string of the molecule is O=C(C=Cc1cccnc1)NCCCCCCS(=O)(=O)N(OCCN1CCOCC1)C1CCCCC1. The lowest BCUT2D eigenvalue weighted by Gasteiger charge is -2.33. The van der Waals surface area contributed by atoms with Gasteiger partial charge in [0.15, 0.2) is 0 Å². The van der Waals surface area contributed by atoms with Crippen molar-refractivity contribution >= 4 is 22.0 Å². The predicted octanol–water partition coefficient (Wildman–Crippen LogP) is 3.00. The quantitative estimate of drug-likeness (QED) is 0.215. The Hall–Kier alpha value is -1.85. The summed E-state index contributed by atoms with van der Waals surface area (Å²) in [4.78, 5) is 24.1. The van der Waals surface area contributed by atoms with Gasteiger partial charge in [-0.2, -0.15) is 0 Å². The number of carbonyl (C=O) groups is 1. The maximum Gasteiger partial charge on any atom is 0.243 e. The number of nitrogens with zero attached hydrogens (tertiary/aromatic N) is 3. The van der Waals surface area contributed by atoms with Crippen molar-refractivity contribution in [3.05, 3.63) is 36.2 Å². The Morgan fingerprint density at radius 2 is 1.94 bits per heavy atom. The molecule has 0 bridgehead atoms. The predicted molar refractivity (Wildman–Crippen MR) is 140 cm³/mol. The molecule has 1 aromatic rings. The number of aromatic nitrogens is 1. The number of rotatable bonds is 15. The van der Waals surface area contributed by atoms with Crippen molar-refractivity contribution in [2.45, 2.75) is 63.8 Å². The highest BCUT2D eigenvalue weighted by atomic mass is 32.2. The van der Waals surface area contributed by atoms with E-state index >= 15 is 0 Å². The van der Waals surface area contributed by atoms with Crippen LogP contribution >= 0.6 is 0 Å². The molecule has 0 atom stereocenters. The van der Waals surface area contributed by atoms with Gasteiger partial charge in [-0.15, -0.1) is 0 Å². The smallest absolute Gasteiger partial charge is 0.243 e. The summed E-state index contributed by atoms with van der Waals surface area (Å²) in [5, 5.41) is 2.87. The minimum Gasteiger partial charge on any atom is -0.379 e. The summed E-state index contributed by atoms with van der Waals surface area (Å²) in [6.45, 7) is 4.83. The molecule has 1 saturated heterocycles. The van der Waals surface area contributed by atoms with Crippen LogP contribution in [-0.2, 0) is 24.4 Å². The molecule has 36 heavy (non-hydrogen) atoms. The Morgan fingerprint density at radius 1 is 1.17 bits per heavy atom. The summed E-state index contributed by atoms with van der Waals surface area (Å²) in [6, 6.07) is 3.66. The monoisotopic (exact) mass is 522 g/mol. The van der Waals surface area contributed by atoms with E-state index in [4.69, 9.17) is 9.57 Å². The van der Waals surface area contributed by atoms with Crippen molar-refractivity contribution in [1.29, 1.82) is 0 Å². The fourth-order valence-corrected chi connectivity index (χ4v) is 6.21. The van der Waals surface area contributed by atoms with Crippen molar-refractivity contribution in [3.8, 4) is 0 Å². The lowest BCUT2D eigenvalue weighted by Crippen LogP contribution is -2.45. The maximum absolute atomic E-state index is 13.2. The number of pyridine rings is 1. The van der Waals surface area contributed by atoms with Gasteiger partial charge in [-0.3, -0.25) is 19.5 Å². The zero-order valence-electron chi connectivity index (χ0n) is 21.4. The summed E-state index contributed by atoms with van der Waals surface area (Å²) in [7, 11) is -3.48. The van der Waals surface area contributed by atoms with Crippen molar-refractivity contribution in [2.75, 3.05) is 51.8 Å². The summed E-state index contributed by atoms with van der Waals surface area (Å²) in [5.41, 5.74) is 0.876. The fourth-order valence-electron chi connectivity index (χ4n) is 4.56. The van der Waals surface area contributed by atoms with Crippen molar-refractivity contribution < 1.29 is 22.8 Å². The normalized spacial score (nSPS) is 18.1. The molecule has 202 valence electrons. The highest BCUT2D eigenvalue weighted by Gasteiger charge is 2.32. The van der Waals surface area contributed by atoms with Crippen LogP contribution in [0.5, 0.6) is 0 Å². The van der Waals surface area contributed by atoms with Gasteiger partial charge in [0.1, 0.15) is 0 Å². The van der Waals surface area contributed by atoms with Crippen LogP contribution in [0.2, 0.25) is 0 Å². The van der Waals surface area contributed by atoms with Gasteiger partial charge < -0.3 is 10.1 Å². The van der Waals surface area contributed by atoms with Gasteiger partial charge in [0.05, 0.1) is 31.6 Å². The minimum absolute atomic E-state index is 0.0524. The number of nitrogens with one attached hydrogen (secondary N) is 1. The first-order chi connectivity index (χ1) is 17.5. The lowest BCUT2D eigenvalue weighted by atomic mass is 9.96. The molecular formula is C26H42N4O5S. The number of ether oxygens (including phenoxy) is 1. The second-order valence-electron chi connectivity index (χ2n) is 9.48. The van der Waals surface area contributed by atoms with Gasteiger partial charge in [-0.25, -0.2) is 8.42 Å². The van der Waals surface area contributed by atoms with Gasteiger partial charge in [0, 0.05) is 44.6 Å². The third kappa shape index (κ3) is 10.6. The molecule has 1 aliphatic carbocycles. The Balaban J connectivity index is 1.34. The number of unbranched alkanes of at least 4 members (excludes halogenated alkanes) is 3. The van der Waals surface area contributed by atoms with Crippen LogP contribution in [0, 0.1) is 0 Å². The molecule has 1 aromatic heterocycles. The first kappa shape index (κ1) is 28.7. The largest absolute Gasteiger partial charge is 0.379 e. The van der Waals surface area contributed by atoms with E-state index in [-0.39, 0.29) is 17.7 Å². The molecular weight excluding hydrogens is 480 g/mol. The van der Waals surface area contributed by atoms with Crippen LogP contribution in [-0.4, -0.2) is 86.5 Å². The van der Waals surface area contributed by atoms with E-state index < -0.39 is 10.0 Å². The van der Waals surface area contributed by atoms with E-state index in [1.807, 2.05) is 12.1 Å². The number of hydroxylamine groups is 1. The number of hydrogen-bond acceptors (Lipinski definition) is 7. The van der Waals surface area contributed by atoms with E-state index in [0.29, 0.717) is 26.1 Å². The van der Waals surface area contributed by atoms with Gasteiger partial charge in [0.25, 0.3) is 0 Å². The van der Waals surface area contributed by atoms with Gasteiger partial charge in [0.2, 0.25) is 15.9 Å². The minimum atomic E-state index is -3.48. The molecule has 1 amide bonds. The Bertz CT molecular complexity index is 885. The topological polar surface area (TPSA) is 101 Å². The molecule has 1 saturated carbocycles. The third-order valence-electron chi connectivity index (χ3n) is 6.62. The van der Waals surface area contributed by atoms with Crippen LogP contribution in [0.1, 0.15) is 63.4 Å². The Kier molecular flexibility index (Phi) is 12.8. The van der Waals surface area contributed by atoms with Gasteiger partial charge in [-0.05, 0) is 43.4 Å². The molecule has 10 heteroatoms. The van der Waals surface area contributed by atoms with Crippen LogP contribution in [0.4, 0.5) is 0 Å². The number of sulfonamides is 1. The molecule has 9 nitrogen and oxygen atoms in total. The number of hydrogen-bond donors (Lipinski definition) is 1. The molecule has 1 aliphatic heterocycles. The summed E-state index contributed by atoms with van der Waals surface area (Å²) < 4.78 is 33.1. The molecule has 0 aromatic carbocycles. The zero-order valence-corrected chi connectivity index (χ0v) is 22.2. The average Bonchev–Trinajstić information content (AvgIpc) is 2.91.